The molecule has 0 radical (unpaired) electrons. The summed E-state index contributed by atoms with van der Waals surface area (Å²) in [5, 5.41) is 3.34. The van der Waals surface area contributed by atoms with Gasteiger partial charge in [-0.3, -0.25) is 4.79 Å². The minimum atomic E-state index is -3.83. The third-order valence-electron chi connectivity index (χ3n) is 4.91. The molecule has 0 aromatic heterocycles. The molecule has 5 nitrogen and oxygen atoms in total. The van der Waals surface area contributed by atoms with E-state index in [-0.39, 0.29) is 22.4 Å². The van der Waals surface area contributed by atoms with Crippen molar-refractivity contribution in [2.45, 2.75) is 31.6 Å². The summed E-state index contributed by atoms with van der Waals surface area (Å²) in [6.45, 7) is 4.38. The number of amides is 1. The van der Waals surface area contributed by atoms with E-state index in [4.69, 9.17) is 23.2 Å². The highest BCUT2D eigenvalue weighted by atomic mass is 35.5. The number of benzene rings is 2. The highest BCUT2D eigenvalue weighted by molar-refractivity contribution is 7.89. The number of hydrogen-bond donors (Lipinski definition) is 1. The predicted molar refractivity (Wildman–Crippen MR) is 112 cm³/mol. The molecule has 3 rings (SSSR count). The van der Waals surface area contributed by atoms with Gasteiger partial charge in [0, 0.05) is 23.8 Å². The molecule has 1 amide bonds. The van der Waals surface area contributed by atoms with Crippen LogP contribution in [0.25, 0.3) is 0 Å². The van der Waals surface area contributed by atoms with Crippen LogP contribution in [-0.4, -0.2) is 31.7 Å². The minimum Gasteiger partial charge on any atom is -0.326 e. The van der Waals surface area contributed by atoms with Crippen molar-refractivity contribution in [3.63, 3.8) is 0 Å². The fourth-order valence-electron chi connectivity index (χ4n) is 3.38. The van der Waals surface area contributed by atoms with Crippen LogP contribution in [0.3, 0.4) is 0 Å². The van der Waals surface area contributed by atoms with Gasteiger partial charge in [-0.25, -0.2) is 8.42 Å². The number of carbonyl (C=O) groups excluding carboxylic acids is 1. The smallest absolute Gasteiger partial charge is 0.244 e. The van der Waals surface area contributed by atoms with Gasteiger partial charge in [0.15, 0.2) is 0 Å². The fourth-order valence-corrected chi connectivity index (χ4v) is 5.64. The van der Waals surface area contributed by atoms with E-state index in [1.54, 1.807) is 6.07 Å². The molecule has 2 aromatic rings. The molecular weight excluding hydrogens is 419 g/mol. The van der Waals surface area contributed by atoms with Gasteiger partial charge in [-0.2, -0.15) is 4.31 Å². The lowest BCUT2D eigenvalue weighted by Gasteiger charge is -2.31. The Bertz CT molecular complexity index is 1010. The molecule has 0 spiro atoms. The molecular formula is C20H22Cl2N2O3S. The van der Waals surface area contributed by atoms with Gasteiger partial charge in [0.25, 0.3) is 0 Å². The van der Waals surface area contributed by atoms with Crippen LogP contribution in [0.4, 0.5) is 5.69 Å². The zero-order valence-corrected chi connectivity index (χ0v) is 18.0. The molecule has 1 N–H and O–H groups in total. The second kappa shape index (κ2) is 8.41. The van der Waals surface area contributed by atoms with E-state index in [9.17, 15) is 13.2 Å². The van der Waals surface area contributed by atoms with E-state index in [2.05, 4.69) is 5.32 Å². The third-order valence-corrected chi connectivity index (χ3v) is 7.49. The molecule has 1 heterocycles. The largest absolute Gasteiger partial charge is 0.326 e. The molecule has 1 saturated heterocycles. The lowest BCUT2D eigenvalue weighted by Crippen LogP contribution is -2.43. The summed E-state index contributed by atoms with van der Waals surface area (Å²) in [4.78, 5) is 12.7. The average Bonchev–Trinajstić information content (AvgIpc) is 2.66. The Morgan fingerprint density at radius 3 is 2.61 bits per heavy atom. The Hall–Kier alpha value is -1.60. The summed E-state index contributed by atoms with van der Waals surface area (Å²) in [6, 6.07) is 10.1. The van der Waals surface area contributed by atoms with Crippen LogP contribution in [0.15, 0.2) is 41.3 Å². The van der Waals surface area contributed by atoms with Crippen LogP contribution >= 0.6 is 23.2 Å². The first-order valence-electron chi connectivity index (χ1n) is 9.02. The van der Waals surface area contributed by atoms with Crippen LogP contribution < -0.4 is 5.32 Å². The van der Waals surface area contributed by atoms with Crippen molar-refractivity contribution in [3.8, 4) is 0 Å². The maximum absolute atomic E-state index is 13.0. The van der Waals surface area contributed by atoms with E-state index in [0.29, 0.717) is 24.4 Å². The number of halogens is 2. The minimum absolute atomic E-state index is 0.0305. The second-order valence-corrected chi connectivity index (χ2v) is 9.83. The molecule has 0 bridgehead atoms. The van der Waals surface area contributed by atoms with Crippen molar-refractivity contribution < 1.29 is 13.2 Å². The normalized spacial score (nSPS) is 18.1. The van der Waals surface area contributed by atoms with Gasteiger partial charge in [-0.1, -0.05) is 40.9 Å². The number of nitrogens with one attached hydrogen (secondary N) is 1. The molecule has 150 valence electrons. The van der Waals surface area contributed by atoms with Gasteiger partial charge in [-0.15, -0.1) is 0 Å². The predicted octanol–water partition coefficient (Wildman–Crippen LogP) is 4.65. The summed E-state index contributed by atoms with van der Waals surface area (Å²) in [6.07, 6.45) is 1.23. The van der Waals surface area contributed by atoms with Crippen molar-refractivity contribution in [2.24, 2.45) is 5.92 Å². The maximum Gasteiger partial charge on any atom is 0.244 e. The molecule has 1 aliphatic heterocycles. The first-order valence-corrected chi connectivity index (χ1v) is 11.2. The number of anilines is 1. The number of hydrogen-bond acceptors (Lipinski definition) is 3. The SMILES string of the molecule is Cc1ccc(NC(=O)[C@@H]2CCCN(S(=O)(=O)c3cc(Cl)ccc3Cl)C2)c(C)c1. The molecule has 0 saturated carbocycles. The summed E-state index contributed by atoms with van der Waals surface area (Å²) in [7, 11) is -3.83. The Labute approximate surface area is 175 Å². The van der Waals surface area contributed by atoms with Crippen molar-refractivity contribution in [1.82, 2.24) is 4.31 Å². The average molecular weight is 441 g/mol. The Morgan fingerprint density at radius 2 is 1.89 bits per heavy atom. The highest BCUT2D eigenvalue weighted by Crippen LogP contribution is 2.31. The Morgan fingerprint density at radius 1 is 1.14 bits per heavy atom. The third kappa shape index (κ3) is 4.51. The van der Waals surface area contributed by atoms with E-state index in [1.165, 1.54) is 16.4 Å². The Kier molecular flexibility index (Phi) is 6.34. The number of carbonyl (C=O) groups is 1. The number of aryl methyl sites for hydroxylation is 2. The first-order chi connectivity index (χ1) is 13.2. The summed E-state index contributed by atoms with van der Waals surface area (Å²) < 4.78 is 27.4. The maximum atomic E-state index is 13.0. The molecule has 0 unspecified atom stereocenters. The monoisotopic (exact) mass is 440 g/mol. The molecule has 0 aliphatic carbocycles. The quantitative estimate of drug-likeness (QED) is 0.751. The number of rotatable bonds is 4. The Balaban J connectivity index is 1.78. The molecule has 1 fully saturated rings. The van der Waals surface area contributed by atoms with E-state index in [0.717, 1.165) is 16.8 Å². The highest BCUT2D eigenvalue weighted by Gasteiger charge is 2.34. The van der Waals surface area contributed by atoms with Gasteiger partial charge in [0.1, 0.15) is 4.90 Å². The van der Waals surface area contributed by atoms with Crippen LogP contribution in [-0.2, 0) is 14.8 Å². The van der Waals surface area contributed by atoms with E-state index < -0.39 is 15.9 Å². The summed E-state index contributed by atoms with van der Waals surface area (Å²) >= 11 is 12.0. The lowest BCUT2D eigenvalue weighted by molar-refractivity contribution is -0.120. The van der Waals surface area contributed by atoms with E-state index in [1.807, 2.05) is 32.0 Å². The first kappa shape index (κ1) is 21.1. The number of sulfonamides is 1. The molecule has 1 aliphatic rings. The van der Waals surface area contributed by atoms with Crippen LogP contribution in [0, 0.1) is 19.8 Å². The van der Waals surface area contributed by atoms with Gasteiger partial charge in [-0.05, 0) is 56.5 Å². The fraction of sp³-hybridized carbons (Fsp3) is 0.350. The topological polar surface area (TPSA) is 66.5 Å². The van der Waals surface area contributed by atoms with Crippen molar-refractivity contribution in [3.05, 3.63) is 57.6 Å². The van der Waals surface area contributed by atoms with Crippen molar-refractivity contribution in [1.29, 1.82) is 0 Å². The van der Waals surface area contributed by atoms with Crippen LogP contribution in [0.1, 0.15) is 24.0 Å². The van der Waals surface area contributed by atoms with Gasteiger partial charge in [0.2, 0.25) is 15.9 Å². The van der Waals surface area contributed by atoms with Gasteiger partial charge < -0.3 is 5.32 Å². The number of nitrogens with zero attached hydrogens (tertiary/aromatic N) is 1. The van der Waals surface area contributed by atoms with Crippen molar-refractivity contribution >= 4 is 44.8 Å². The molecule has 1 atom stereocenters. The van der Waals surface area contributed by atoms with E-state index >= 15 is 0 Å². The van der Waals surface area contributed by atoms with Gasteiger partial charge in [0.05, 0.1) is 10.9 Å². The zero-order valence-electron chi connectivity index (χ0n) is 15.7. The van der Waals surface area contributed by atoms with Crippen LogP contribution in [0.2, 0.25) is 10.0 Å². The molecule has 28 heavy (non-hydrogen) atoms. The summed E-state index contributed by atoms with van der Waals surface area (Å²) in [5.74, 6) is -0.605. The lowest BCUT2D eigenvalue weighted by atomic mass is 9.98. The molecule has 8 heteroatoms. The van der Waals surface area contributed by atoms with Crippen molar-refractivity contribution in [2.75, 3.05) is 18.4 Å². The molecule has 2 aromatic carbocycles. The van der Waals surface area contributed by atoms with Crippen LogP contribution in [0.5, 0.6) is 0 Å². The number of piperidine rings is 1. The van der Waals surface area contributed by atoms with Gasteiger partial charge >= 0.3 is 0 Å². The second-order valence-electron chi connectivity index (χ2n) is 7.08. The summed E-state index contributed by atoms with van der Waals surface area (Å²) in [5.41, 5.74) is 2.83. The standard InChI is InChI=1S/C20H22Cl2N2O3S/c1-13-5-8-18(14(2)10-13)23-20(25)15-4-3-9-24(12-15)28(26,27)19-11-16(21)6-7-17(19)22/h5-8,10-11,15H,3-4,9,12H2,1-2H3,(H,23,25)/t15-/m1/s1. The zero-order chi connectivity index (χ0) is 20.5.